The molecule has 1 heterocycles. The van der Waals surface area contributed by atoms with Gasteiger partial charge in [-0.15, -0.1) is 10.1 Å². The lowest BCUT2D eigenvalue weighted by Gasteiger charge is -2.61. The molecule has 1 saturated heterocycles. The van der Waals surface area contributed by atoms with E-state index >= 15 is 0 Å². The van der Waals surface area contributed by atoms with Crippen molar-refractivity contribution in [3.05, 3.63) is 15.3 Å². The zero-order valence-electron chi connectivity index (χ0n) is 20.5. The van der Waals surface area contributed by atoms with Gasteiger partial charge < -0.3 is 19.8 Å². The summed E-state index contributed by atoms with van der Waals surface area (Å²) >= 11 is 0. The molecule has 0 aromatic carbocycles. The Morgan fingerprint density at radius 1 is 0.938 bits per heavy atom. The van der Waals surface area contributed by atoms with Crippen molar-refractivity contribution in [2.24, 2.45) is 40.4 Å². The zero-order chi connectivity index (χ0) is 23.1. The van der Waals surface area contributed by atoms with Crippen molar-refractivity contribution in [1.82, 2.24) is 0 Å². The highest BCUT2D eigenvalue weighted by Crippen LogP contribution is 2.68. The highest BCUT2D eigenvalue weighted by molar-refractivity contribution is 5.11. The average molecular weight is 451 g/mol. The fourth-order valence-corrected chi connectivity index (χ4v) is 9.73. The molecule has 7 unspecified atom stereocenters. The van der Waals surface area contributed by atoms with Gasteiger partial charge in [-0.25, -0.2) is 0 Å². The van der Waals surface area contributed by atoms with Gasteiger partial charge in [-0.3, -0.25) is 0 Å². The fourth-order valence-electron chi connectivity index (χ4n) is 9.73. The number of hydroxylamine groups is 2. The van der Waals surface area contributed by atoms with Crippen molar-refractivity contribution in [2.45, 2.75) is 110 Å². The Hall–Kier alpha value is -0.920. The van der Waals surface area contributed by atoms with Gasteiger partial charge in [-0.2, -0.15) is 0 Å². The summed E-state index contributed by atoms with van der Waals surface area (Å²) in [5.74, 6) is 2.90. The van der Waals surface area contributed by atoms with Gasteiger partial charge >= 0.3 is 0 Å². The van der Waals surface area contributed by atoms with Crippen LogP contribution in [0.5, 0.6) is 0 Å². The molecule has 182 valence electrons. The largest absolute Gasteiger partial charge is 0.632 e. The van der Waals surface area contributed by atoms with E-state index in [9.17, 15) is 15.3 Å². The van der Waals surface area contributed by atoms with E-state index in [1.165, 1.54) is 25.7 Å². The molecule has 7 heteroatoms. The van der Waals surface area contributed by atoms with Crippen molar-refractivity contribution in [2.75, 3.05) is 6.61 Å². The maximum Gasteiger partial charge on any atom is 0.294 e. The van der Waals surface area contributed by atoms with Gasteiger partial charge in [0.05, 0.1) is 0 Å². The minimum atomic E-state index is -0.640. The van der Waals surface area contributed by atoms with Crippen LogP contribution in [0, 0.1) is 55.7 Å². The minimum absolute atomic E-state index is 0.168. The lowest BCUT2D eigenvalue weighted by molar-refractivity contribution is -0.953. The van der Waals surface area contributed by atoms with Crippen LogP contribution >= 0.6 is 0 Å². The second-order valence-electron chi connectivity index (χ2n) is 13.2. The monoisotopic (exact) mass is 450 g/mol. The third-order valence-corrected chi connectivity index (χ3v) is 11.3. The average Bonchev–Trinajstić information content (AvgIpc) is 3.18. The quantitative estimate of drug-likeness (QED) is 0.397. The van der Waals surface area contributed by atoms with E-state index in [1.54, 1.807) is 0 Å². The first-order chi connectivity index (χ1) is 14.9. The molecular formula is C25H42N2O5. The Morgan fingerprint density at radius 3 is 2.28 bits per heavy atom. The predicted molar refractivity (Wildman–Crippen MR) is 120 cm³/mol. The number of quaternary nitrogens is 1. The Bertz CT molecular complexity index is 775. The van der Waals surface area contributed by atoms with E-state index in [2.05, 4.69) is 20.8 Å². The van der Waals surface area contributed by atoms with E-state index in [1.807, 2.05) is 13.8 Å². The van der Waals surface area contributed by atoms with E-state index < -0.39 is 10.8 Å². The number of nitrogens with one attached hydrogen (secondary N) is 1. The van der Waals surface area contributed by atoms with Crippen molar-refractivity contribution >= 4 is 0 Å². The first-order valence-electron chi connectivity index (χ1n) is 12.9. The Labute approximate surface area is 192 Å². The maximum atomic E-state index is 13.4. The highest BCUT2D eigenvalue weighted by Gasteiger charge is 2.66. The number of hydrogen-bond acceptors (Lipinski definition) is 5. The summed E-state index contributed by atoms with van der Waals surface area (Å²) in [6.45, 7) is 11.6. The first kappa shape index (κ1) is 22.9. The third kappa shape index (κ3) is 3.09. The molecule has 0 bridgehead atoms. The molecule has 1 N–H and O–H groups in total. The normalized spacial score (nSPS) is 54.4. The molecule has 0 aromatic heterocycles. The summed E-state index contributed by atoms with van der Waals surface area (Å²) in [6.07, 6.45) is 9.54. The second-order valence-corrected chi connectivity index (χ2v) is 13.2. The van der Waals surface area contributed by atoms with Crippen LogP contribution in [0.1, 0.15) is 92.4 Å². The van der Waals surface area contributed by atoms with Gasteiger partial charge in [0.15, 0.2) is 0 Å². The first-order valence-corrected chi connectivity index (χ1v) is 12.9. The Balaban J connectivity index is 1.36. The van der Waals surface area contributed by atoms with Crippen LogP contribution in [0.25, 0.3) is 0 Å². The van der Waals surface area contributed by atoms with Gasteiger partial charge in [0, 0.05) is 12.8 Å². The zero-order valence-corrected chi connectivity index (χ0v) is 20.5. The smallest absolute Gasteiger partial charge is 0.294 e. The summed E-state index contributed by atoms with van der Waals surface area (Å²) in [4.78, 5) is 15.9. The molecule has 32 heavy (non-hydrogen) atoms. The third-order valence-electron chi connectivity index (χ3n) is 11.3. The van der Waals surface area contributed by atoms with Crippen LogP contribution in [-0.2, 0) is 9.57 Å². The van der Waals surface area contributed by atoms with Crippen LogP contribution in [0.3, 0.4) is 0 Å². The molecule has 1 aliphatic heterocycles. The number of ether oxygens (including phenoxy) is 1. The molecule has 4 aliphatic carbocycles. The van der Waals surface area contributed by atoms with Gasteiger partial charge in [-0.05, 0) is 106 Å². The predicted octanol–water partition coefficient (Wildman–Crippen LogP) is 4.13. The number of fused-ring (bicyclic) bond motifs is 5. The van der Waals surface area contributed by atoms with Crippen molar-refractivity contribution in [3.8, 4) is 0 Å². The molecule has 5 rings (SSSR count). The number of hydrogen-bond donors (Lipinski definition) is 1. The standard InChI is InChI=1S/C25H42N2O5/c1-22(2)15-31-25(5,26(22)28)21-9-8-19-18-7-6-16-14-17(32-27(29)30)10-12-23(16,3)20(18)11-13-24(19,21)4/h16-21,26H,6-15H2,1-5H3/t16?,17-,18?,19?,20?,21?,23+,24+,25?/m1/s1. The summed E-state index contributed by atoms with van der Waals surface area (Å²) in [5.41, 5.74) is -0.583. The van der Waals surface area contributed by atoms with Gasteiger partial charge in [-0.1, -0.05) is 13.8 Å². The molecule has 0 aromatic rings. The molecular weight excluding hydrogens is 408 g/mol. The lowest BCUT2D eigenvalue weighted by atomic mass is 9.44. The van der Waals surface area contributed by atoms with Crippen LogP contribution in [0.2, 0.25) is 0 Å². The summed E-state index contributed by atoms with van der Waals surface area (Å²) < 4.78 is 6.33. The second kappa shape index (κ2) is 7.29. The van der Waals surface area contributed by atoms with Crippen molar-refractivity contribution in [3.63, 3.8) is 0 Å². The van der Waals surface area contributed by atoms with E-state index in [0.29, 0.717) is 41.3 Å². The Kier molecular flexibility index (Phi) is 5.20. The van der Waals surface area contributed by atoms with Crippen LogP contribution in [0.4, 0.5) is 0 Å². The van der Waals surface area contributed by atoms with Crippen molar-refractivity contribution < 1.29 is 19.7 Å². The van der Waals surface area contributed by atoms with Crippen LogP contribution < -0.4 is 5.06 Å². The van der Waals surface area contributed by atoms with Gasteiger partial charge in [0.25, 0.3) is 5.09 Å². The highest BCUT2D eigenvalue weighted by atomic mass is 17.0. The molecule has 0 amide bonds. The summed E-state index contributed by atoms with van der Waals surface area (Å²) in [5, 5.41) is 24.0. The number of rotatable bonds is 3. The Morgan fingerprint density at radius 2 is 1.62 bits per heavy atom. The molecule has 4 saturated carbocycles. The van der Waals surface area contributed by atoms with E-state index in [4.69, 9.17) is 9.57 Å². The summed E-state index contributed by atoms with van der Waals surface area (Å²) in [7, 11) is 0. The van der Waals surface area contributed by atoms with Gasteiger partial charge in [0.2, 0.25) is 5.72 Å². The molecule has 10 atom stereocenters. The molecule has 5 fully saturated rings. The fraction of sp³-hybridized carbons (Fsp3) is 1.00. The lowest BCUT2D eigenvalue weighted by Crippen LogP contribution is -3.21. The van der Waals surface area contributed by atoms with Crippen LogP contribution in [0.15, 0.2) is 0 Å². The molecule has 5 aliphatic rings. The molecule has 7 nitrogen and oxygen atoms in total. The SMILES string of the molecule is CC1(C)COC(C)(C2CCC3C4CCC5C[C@H](O[N+](=O)[O-])CC[C@]5(C)C4CC[C@@]32C)[NH+]1[O-]. The minimum Gasteiger partial charge on any atom is -0.632 e. The van der Waals surface area contributed by atoms with Crippen LogP contribution in [-0.4, -0.2) is 29.1 Å². The molecule has 0 spiro atoms. The number of nitrogens with zero attached hydrogens (tertiary/aromatic N) is 1. The van der Waals surface area contributed by atoms with Crippen molar-refractivity contribution in [1.29, 1.82) is 0 Å². The molecule has 0 radical (unpaired) electrons. The van der Waals surface area contributed by atoms with Gasteiger partial charge in [0.1, 0.15) is 18.2 Å². The van der Waals surface area contributed by atoms with E-state index in [-0.39, 0.29) is 22.5 Å². The summed E-state index contributed by atoms with van der Waals surface area (Å²) in [6, 6.07) is 0. The van der Waals surface area contributed by atoms with E-state index in [0.717, 1.165) is 32.1 Å². The maximum absolute atomic E-state index is 13.4. The topological polar surface area (TPSA) is 89.1 Å².